The van der Waals surface area contributed by atoms with Gasteiger partial charge in [-0.1, -0.05) is 133 Å². The molecule has 11 rings (SSSR count). The first kappa shape index (κ1) is 32.6. The Morgan fingerprint density at radius 3 is 1.46 bits per heavy atom. The Bertz CT molecular complexity index is 3230. The molecule has 8 aromatic carbocycles. The number of hydrogen-bond acceptors (Lipinski definition) is 6. The summed E-state index contributed by atoms with van der Waals surface area (Å²) in [5.74, 6) is 1.55. The zero-order chi connectivity index (χ0) is 37.7. The quantitative estimate of drug-likeness (QED) is 0.162. The third-order valence-corrected chi connectivity index (χ3v) is 10.5. The van der Waals surface area contributed by atoms with Crippen molar-refractivity contribution in [2.75, 3.05) is 4.90 Å². The first-order chi connectivity index (χ1) is 28.2. The normalized spacial score (nSPS) is 11.5. The number of nitrogens with zero attached hydrogens (tertiary/aromatic N) is 4. The van der Waals surface area contributed by atoms with Crippen LogP contribution in [0.4, 0.5) is 17.3 Å². The average Bonchev–Trinajstić information content (AvgIpc) is 3.84. The first-order valence-corrected chi connectivity index (χ1v) is 18.9. The molecule has 0 saturated carbocycles. The van der Waals surface area contributed by atoms with Gasteiger partial charge in [0.15, 0.2) is 11.6 Å². The fraction of sp³-hybridized carbons (Fsp3) is 0. The largest absolute Gasteiger partial charge is 0.456 e. The highest BCUT2D eigenvalue weighted by atomic mass is 16.3. The van der Waals surface area contributed by atoms with E-state index in [4.69, 9.17) is 23.8 Å². The van der Waals surface area contributed by atoms with Crippen LogP contribution >= 0.6 is 0 Å². The molecule has 0 unspecified atom stereocenters. The van der Waals surface area contributed by atoms with E-state index in [9.17, 15) is 0 Å². The van der Waals surface area contributed by atoms with Gasteiger partial charge in [-0.3, -0.25) is 4.90 Å². The molecule has 0 fully saturated rings. The van der Waals surface area contributed by atoms with E-state index in [0.717, 1.165) is 88.6 Å². The molecule has 6 heteroatoms. The van der Waals surface area contributed by atoms with Crippen LogP contribution in [0.15, 0.2) is 203 Å². The van der Waals surface area contributed by atoms with Crippen LogP contribution < -0.4 is 4.90 Å². The van der Waals surface area contributed by atoms with Crippen LogP contribution in [0.5, 0.6) is 0 Å². The van der Waals surface area contributed by atoms with Gasteiger partial charge in [0.2, 0.25) is 5.95 Å². The molecule has 0 atom stereocenters. The van der Waals surface area contributed by atoms with Crippen LogP contribution in [0.3, 0.4) is 0 Å². The van der Waals surface area contributed by atoms with Crippen LogP contribution in [-0.2, 0) is 0 Å². The lowest BCUT2D eigenvalue weighted by molar-refractivity contribution is 0.668. The molecule has 6 nitrogen and oxygen atoms in total. The van der Waals surface area contributed by atoms with E-state index in [1.165, 1.54) is 0 Å². The Labute approximate surface area is 328 Å². The first-order valence-electron chi connectivity index (χ1n) is 18.9. The van der Waals surface area contributed by atoms with E-state index in [2.05, 4.69) is 144 Å². The van der Waals surface area contributed by atoms with Gasteiger partial charge < -0.3 is 8.83 Å². The maximum absolute atomic E-state index is 6.54. The van der Waals surface area contributed by atoms with Crippen molar-refractivity contribution in [3.8, 4) is 45.0 Å². The van der Waals surface area contributed by atoms with E-state index in [1.807, 2.05) is 54.6 Å². The Morgan fingerprint density at radius 2 is 0.754 bits per heavy atom. The molecule has 0 saturated heterocycles. The van der Waals surface area contributed by atoms with E-state index in [-0.39, 0.29) is 0 Å². The molecule has 3 heterocycles. The SMILES string of the molecule is c1ccc(-c2ccc(-c3nc(-c4ccc5c(c4)oc4cc(-c6ccccc6)ccc45)nc(N(c4ccccc4)c4ccc5c(c4)oc4ccccc45)n3)cc2)cc1. The lowest BCUT2D eigenvalue weighted by Crippen LogP contribution is -2.15. The van der Waals surface area contributed by atoms with E-state index in [0.29, 0.717) is 17.6 Å². The maximum atomic E-state index is 6.54. The van der Waals surface area contributed by atoms with E-state index in [1.54, 1.807) is 0 Å². The van der Waals surface area contributed by atoms with Crippen LogP contribution in [0.25, 0.3) is 88.9 Å². The monoisotopic (exact) mass is 732 g/mol. The minimum absolute atomic E-state index is 0.473. The molecule has 0 aliphatic heterocycles. The predicted molar refractivity (Wildman–Crippen MR) is 231 cm³/mol. The second-order valence-corrected chi connectivity index (χ2v) is 14.1. The molecular weight excluding hydrogens is 701 g/mol. The van der Waals surface area contributed by atoms with Crippen molar-refractivity contribution < 1.29 is 8.83 Å². The third-order valence-electron chi connectivity index (χ3n) is 10.5. The van der Waals surface area contributed by atoms with Crippen molar-refractivity contribution in [2.24, 2.45) is 0 Å². The van der Waals surface area contributed by atoms with Gasteiger partial charge in [0.1, 0.15) is 22.3 Å². The summed E-state index contributed by atoms with van der Waals surface area (Å²) in [6.45, 7) is 0. The number of fused-ring (bicyclic) bond motifs is 6. The smallest absolute Gasteiger partial charge is 0.238 e. The number of benzene rings is 8. The molecule has 0 N–H and O–H groups in total. The Kier molecular flexibility index (Phi) is 7.71. The summed E-state index contributed by atoms with van der Waals surface area (Å²) in [6.07, 6.45) is 0. The zero-order valence-corrected chi connectivity index (χ0v) is 30.6. The molecular formula is C51H32N4O2. The number of furan rings is 2. The number of para-hydroxylation sites is 2. The summed E-state index contributed by atoms with van der Waals surface area (Å²) >= 11 is 0. The van der Waals surface area contributed by atoms with Gasteiger partial charge in [0.05, 0.1) is 5.69 Å². The molecule has 11 aromatic rings. The van der Waals surface area contributed by atoms with Gasteiger partial charge in [0.25, 0.3) is 0 Å². The molecule has 3 aromatic heterocycles. The van der Waals surface area contributed by atoms with Gasteiger partial charge >= 0.3 is 0 Å². The summed E-state index contributed by atoms with van der Waals surface area (Å²) in [7, 11) is 0. The second-order valence-electron chi connectivity index (χ2n) is 14.1. The van der Waals surface area contributed by atoms with Gasteiger partial charge in [0, 0.05) is 44.4 Å². The molecule has 268 valence electrons. The van der Waals surface area contributed by atoms with Crippen molar-refractivity contribution in [2.45, 2.75) is 0 Å². The van der Waals surface area contributed by atoms with Gasteiger partial charge in [-0.2, -0.15) is 9.97 Å². The number of anilines is 3. The van der Waals surface area contributed by atoms with Crippen molar-refractivity contribution in [1.82, 2.24) is 15.0 Å². The predicted octanol–water partition coefficient (Wildman–Crippen LogP) is 13.8. The molecule has 0 amide bonds. The molecule has 0 aliphatic rings. The Hall–Kier alpha value is -7.83. The van der Waals surface area contributed by atoms with Crippen molar-refractivity contribution in [1.29, 1.82) is 0 Å². The van der Waals surface area contributed by atoms with Gasteiger partial charge in [-0.05, 0) is 76.9 Å². The van der Waals surface area contributed by atoms with Crippen molar-refractivity contribution in [3.63, 3.8) is 0 Å². The van der Waals surface area contributed by atoms with Crippen molar-refractivity contribution >= 4 is 61.2 Å². The lowest BCUT2D eigenvalue weighted by Gasteiger charge is -2.24. The summed E-state index contributed by atoms with van der Waals surface area (Å²) in [5.41, 5.74) is 11.2. The zero-order valence-electron chi connectivity index (χ0n) is 30.6. The minimum Gasteiger partial charge on any atom is -0.456 e. The molecule has 0 bridgehead atoms. The van der Waals surface area contributed by atoms with E-state index >= 15 is 0 Å². The third kappa shape index (κ3) is 5.88. The minimum atomic E-state index is 0.473. The Morgan fingerprint density at radius 1 is 0.298 bits per heavy atom. The van der Waals surface area contributed by atoms with Crippen LogP contribution in [-0.4, -0.2) is 15.0 Å². The van der Waals surface area contributed by atoms with Gasteiger partial charge in [-0.25, -0.2) is 4.98 Å². The fourth-order valence-corrected chi connectivity index (χ4v) is 7.70. The number of aromatic nitrogens is 3. The summed E-state index contributed by atoms with van der Waals surface area (Å²) < 4.78 is 12.9. The van der Waals surface area contributed by atoms with Crippen molar-refractivity contribution in [3.05, 3.63) is 194 Å². The highest BCUT2D eigenvalue weighted by Crippen LogP contribution is 2.39. The summed E-state index contributed by atoms with van der Waals surface area (Å²) in [6, 6.07) is 66.2. The second kappa shape index (κ2) is 13.5. The highest BCUT2D eigenvalue weighted by Gasteiger charge is 2.22. The number of hydrogen-bond donors (Lipinski definition) is 0. The maximum Gasteiger partial charge on any atom is 0.238 e. The molecule has 57 heavy (non-hydrogen) atoms. The van der Waals surface area contributed by atoms with E-state index < -0.39 is 0 Å². The molecule has 0 radical (unpaired) electrons. The van der Waals surface area contributed by atoms with Gasteiger partial charge in [-0.15, -0.1) is 0 Å². The fourth-order valence-electron chi connectivity index (χ4n) is 7.70. The van der Waals surface area contributed by atoms with Crippen LogP contribution in [0.2, 0.25) is 0 Å². The summed E-state index contributed by atoms with van der Waals surface area (Å²) in [5, 5.41) is 4.21. The summed E-state index contributed by atoms with van der Waals surface area (Å²) in [4.78, 5) is 17.6. The highest BCUT2D eigenvalue weighted by molar-refractivity contribution is 6.07. The Balaban J connectivity index is 1.08. The van der Waals surface area contributed by atoms with Crippen LogP contribution in [0, 0.1) is 0 Å². The van der Waals surface area contributed by atoms with Crippen LogP contribution in [0.1, 0.15) is 0 Å². The number of rotatable bonds is 7. The lowest BCUT2D eigenvalue weighted by atomic mass is 10.0. The molecule has 0 aliphatic carbocycles. The topological polar surface area (TPSA) is 68.2 Å². The average molecular weight is 733 g/mol. The molecule has 0 spiro atoms. The standard InChI is InChI=1S/C51H32N4O2/c1-4-12-33(13-5-1)35-20-22-36(23-21-35)49-52-50(38-25-28-43-42-27-24-37(34-14-6-2-7-15-34)30-46(42)57-47(43)31-38)54-51(53-49)55(39-16-8-3-9-17-39)40-26-29-44-41-18-10-11-19-45(41)56-48(44)32-40/h1-32H.